The fraction of sp³-hybridized carbons (Fsp3) is 1.00. The summed E-state index contributed by atoms with van der Waals surface area (Å²) in [6, 6.07) is 0. The molecule has 0 radical (unpaired) electrons. The Bertz CT molecular complexity index is 161. The molecule has 0 saturated carbocycles. The minimum atomic E-state index is 0.310. The zero-order valence-electron chi connectivity index (χ0n) is 12.9. The molecule has 0 rings (SSSR count). The molecule has 0 aromatic carbocycles. The van der Waals surface area contributed by atoms with Gasteiger partial charge >= 0.3 is 0 Å². The monoisotopic (exact) mass is 227 g/mol. The SMILES string of the molecule is CCC(CCN(CC)C(C)(C)C)C(C)(C)C. The van der Waals surface area contributed by atoms with E-state index in [1.807, 2.05) is 0 Å². The highest BCUT2D eigenvalue weighted by atomic mass is 15.2. The summed E-state index contributed by atoms with van der Waals surface area (Å²) in [5.74, 6) is 0.837. The molecule has 16 heavy (non-hydrogen) atoms. The highest BCUT2D eigenvalue weighted by Crippen LogP contribution is 2.31. The van der Waals surface area contributed by atoms with Crippen molar-refractivity contribution in [3.05, 3.63) is 0 Å². The standard InChI is InChI=1S/C15H33N/c1-9-13(14(3,4)5)11-12-16(10-2)15(6,7)8/h13H,9-12H2,1-8H3. The predicted molar refractivity (Wildman–Crippen MR) is 74.9 cm³/mol. The quantitative estimate of drug-likeness (QED) is 0.665. The molecular weight excluding hydrogens is 194 g/mol. The smallest absolute Gasteiger partial charge is 0.0124 e. The third-order valence-corrected chi connectivity index (χ3v) is 3.80. The maximum Gasteiger partial charge on any atom is 0.0124 e. The van der Waals surface area contributed by atoms with Gasteiger partial charge in [-0.3, -0.25) is 4.90 Å². The Morgan fingerprint density at radius 1 is 0.938 bits per heavy atom. The van der Waals surface area contributed by atoms with Crippen molar-refractivity contribution in [2.24, 2.45) is 11.3 Å². The lowest BCUT2D eigenvalue weighted by Gasteiger charge is -2.38. The minimum Gasteiger partial charge on any atom is -0.299 e. The Morgan fingerprint density at radius 3 is 1.69 bits per heavy atom. The van der Waals surface area contributed by atoms with Crippen LogP contribution in [0.15, 0.2) is 0 Å². The van der Waals surface area contributed by atoms with Gasteiger partial charge in [-0.1, -0.05) is 41.0 Å². The van der Waals surface area contributed by atoms with E-state index in [-0.39, 0.29) is 0 Å². The normalized spacial score (nSPS) is 15.6. The summed E-state index contributed by atoms with van der Waals surface area (Å²) in [7, 11) is 0. The summed E-state index contributed by atoms with van der Waals surface area (Å²) in [4.78, 5) is 2.58. The van der Waals surface area contributed by atoms with Crippen molar-refractivity contribution < 1.29 is 0 Å². The van der Waals surface area contributed by atoms with E-state index >= 15 is 0 Å². The van der Waals surface area contributed by atoms with E-state index in [4.69, 9.17) is 0 Å². The van der Waals surface area contributed by atoms with Crippen LogP contribution in [-0.2, 0) is 0 Å². The highest BCUT2D eigenvalue weighted by molar-refractivity contribution is 4.79. The van der Waals surface area contributed by atoms with E-state index in [0.717, 1.165) is 12.5 Å². The van der Waals surface area contributed by atoms with E-state index in [0.29, 0.717) is 11.0 Å². The largest absolute Gasteiger partial charge is 0.299 e. The van der Waals surface area contributed by atoms with Crippen molar-refractivity contribution in [2.45, 2.75) is 73.8 Å². The van der Waals surface area contributed by atoms with Gasteiger partial charge in [0, 0.05) is 5.54 Å². The summed E-state index contributed by atoms with van der Waals surface area (Å²) in [5, 5.41) is 0. The second kappa shape index (κ2) is 6.05. The number of hydrogen-bond acceptors (Lipinski definition) is 1. The second-order valence-electron chi connectivity index (χ2n) is 7.01. The Hall–Kier alpha value is -0.0400. The fourth-order valence-corrected chi connectivity index (χ4v) is 2.53. The van der Waals surface area contributed by atoms with Crippen molar-refractivity contribution in [2.75, 3.05) is 13.1 Å². The molecule has 0 heterocycles. The molecule has 0 aromatic rings. The van der Waals surface area contributed by atoms with E-state index in [9.17, 15) is 0 Å². The molecule has 0 aliphatic carbocycles. The summed E-state index contributed by atoms with van der Waals surface area (Å²) in [6.45, 7) is 21.0. The zero-order valence-corrected chi connectivity index (χ0v) is 12.9. The van der Waals surface area contributed by atoms with Gasteiger partial charge in [0.1, 0.15) is 0 Å². The molecule has 1 unspecified atom stereocenters. The first-order valence-corrected chi connectivity index (χ1v) is 6.88. The van der Waals surface area contributed by atoms with Crippen LogP contribution in [0.1, 0.15) is 68.2 Å². The van der Waals surface area contributed by atoms with Gasteiger partial charge in [-0.2, -0.15) is 0 Å². The molecule has 0 N–H and O–H groups in total. The van der Waals surface area contributed by atoms with Crippen molar-refractivity contribution >= 4 is 0 Å². The molecule has 0 amide bonds. The van der Waals surface area contributed by atoms with Gasteiger partial charge < -0.3 is 0 Å². The third-order valence-electron chi connectivity index (χ3n) is 3.80. The van der Waals surface area contributed by atoms with Gasteiger partial charge in [0.15, 0.2) is 0 Å². The van der Waals surface area contributed by atoms with Crippen LogP contribution in [0.3, 0.4) is 0 Å². The van der Waals surface area contributed by atoms with Gasteiger partial charge in [-0.15, -0.1) is 0 Å². The van der Waals surface area contributed by atoms with Crippen molar-refractivity contribution in [1.29, 1.82) is 0 Å². The summed E-state index contributed by atoms with van der Waals surface area (Å²) >= 11 is 0. The number of hydrogen-bond donors (Lipinski definition) is 0. The Morgan fingerprint density at radius 2 is 1.44 bits per heavy atom. The Balaban J connectivity index is 4.30. The predicted octanol–water partition coefficient (Wildman–Crippen LogP) is 4.57. The van der Waals surface area contributed by atoms with Gasteiger partial charge in [0.05, 0.1) is 0 Å². The van der Waals surface area contributed by atoms with Crippen LogP contribution in [0.5, 0.6) is 0 Å². The Kier molecular flexibility index (Phi) is 6.03. The first-order chi connectivity index (χ1) is 7.12. The van der Waals surface area contributed by atoms with Crippen LogP contribution >= 0.6 is 0 Å². The first kappa shape index (κ1) is 16.0. The molecule has 0 spiro atoms. The highest BCUT2D eigenvalue weighted by Gasteiger charge is 2.25. The average Bonchev–Trinajstić information content (AvgIpc) is 2.08. The average molecular weight is 227 g/mol. The second-order valence-corrected chi connectivity index (χ2v) is 7.01. The fourth-order valence-electron chi connectivity index (χ4n) is 2.53. The van der Waals surface area contributed by atoms with E-state index in [1.165, 1.54) is 19.4 Å². The van der Waals surface area contributed by atoms with Crippen molar-refractivity contribution in [3.63, 3.8) is 0 Å². The molecule has 0 fully saturated rings. The number of nitrogens with zero attached hydrogens (tertiary/aromatic N) is 1. The first-order valence-electron chi connectivity index (χ1n) is 6.88. The van der Waals surface area contributed by atoms with Crippen LogP contribution in [0.2, 0.25) is 0 Å². The molecule has 0 bridgehead atoms. The molecule has 0 saturated heterocycles. The van der Waals surface area contributed by atoms with Crippen LogP contribution in [0, 0.1) is 11.3 Å². The van der Waals surface area contributed by atoms with Crippen LogP contribution < -0.4 is 0 Å². The zero-order chi connectivity index (χ0) is 13.0. The maximum absolute atomic E-state index is 2.58. The van der Waals surface area contributed by atoms with Crippen molar-refractivity contribution in [3.8, 4) is 0 Å². The topological polar surface area (TPSA) is 3.24 Å². The lowest BCUT2D eigenvalue weighted by molar-refractivity contribution is 0.114. The molecule has 1 nitrogen and oxygen atoms in total. The summed E-state index contributed by atoms with van der Waals surface area (Å²) in [6.07, 6.45) is 2.62. The van der Waals surface area contributed by atoms with E-state index in [2.05, 4.69) is 60.3 Å². The molecule has 0 aliphatic heterocycles. The molecule has 0 aliphatic rings. The molecule has 0 aromatic heterocycles. The number of rotatable bonds is 5. The van der Waals surface area contributed by atoms with Crippen LogP contribution in [0.25, 0.3) is 0 Å². The maximum atomic E-state index is 2.58. The van der Waals surface area contributed by atoms with Gasteiger partial charge in [-0.05, 0) is 51.6 Å². The van der Waals surface area contributed by atoms with Crippen molar-refractivity contribution in [1.82, 2.24) is 4.90 Å². The lowest BCUT2D eigenvalue weighted by Crippen LogP contribution is -2.42. The lowest BCUT2D eigenvalue weighted by atomic mass is 9.77. The molecule has 1 heteroatoms. The van der Waals surface area contributed by atoms with Gasteiger partial charge in [0.2, 0.25) is 0 Å². The van der Waals surface area contributed by atoms with Crippen LogP contribution in [0.4, 0.5) is 0 Å². The van der Waals surface area contributed by atoms with Gasteiger partial charge in [-0.25, -0.2) is 0 Å². The molecule has 1 atom stereocenters. The van der Waals surface area contributed by atoms with Crippen LogP contribution in [-0.4, -0.2) is 23.5 Å². The van der Waals surface area contributed by atoms with E-state index in [1.54, 1.807) is 0 Å². The summed E-state index contributed by atoms with van der Waals surface area (Å²) < 4.78 is 0. The molecular formula is C15H33N. The van der Waals surface area contributed by atoms with Gasteiger partial charge in [0.25, 0.3) is 0 Å². The Labute approximate surface area is 104 Å². The summed E-state index contributed by atoms with van der Waals surface area (Å²) in [5.41, 5.74) is 0.761. The molecule has 98 valence electrons. The van der Waals surface area contributed by atoms with E-state index < -0.39 is 0 Å². The minimum absolute atomic E-state index is 0.310. The third kappa shape index (κ3) is 5.34.